The predicted octanol–water partition coefficient (Wildman–Crippen LogP) is 3.54. The van der Waals surface area contributed by atoms with Crippen LogP contribution in [-0.4, -0.2) is 30.6 Å². The Hall–Kier alpha value is -0.520. The fourth-order valence-electron chi connectivity index (χ4n) is 2.43. The second-order valence-electron chi connectivity index (χ2n) is 5.19. The lowest BCUT2D eigenvalue weighted by atomic mass is 10.3. The number of thioether (sulfide) groups is 1. The average molecular weight is 313 g/mol. The molecule has 0 spiro atoms. The van der Waals surface area contributed by atoms with Gasteiger partial charge in [-0.2, -0.15) is 0 Å². The molecule has 1 aliphatic rings. The number of rotatable bonds is 7. The van der Waals surface area contributed by atoms with Crippen LogP contribution in [0.3, 0.4) is 0 Å². The van der Waals surface area contributed by atoms with E-state index in [0.717, 1.165) is 0 Å². The summed E-state index contributed by atoms with van der Waals surface area (Å²) in [6, 6.07) is 4.16. The Morgan fingerprint density at radius 2 is 2.25 bits per heavy atom. The zero-order valence-electron chi connectivity index (χ0n) is 12.2. The minimum absolute atomic E-state index is 0.0332. The molecule has 0 aromatic carbocycles. The first kappa shape index (κ1) is 15.9. The Kier molecular flexibility index (Phi) is 6.39. The first-order valence-corrected chi connectivity index (χ1v) is 9.03. The molecule has 0 saturated heterocycles. The molecule has 1 aliphatic carbocycles. The smallest absolute Gasteiger partial charge is 0.230 e. The van der Waals surface area contributed by atoms with Crippen LogP contribution in [0.15, 0.2) is 12.1 Å². The number of hydrogen-bond donors (Lipinski definition) is 1. The summed E-state index contributed by atoms with van der Waals surface area (Å²) in [5, 5.41) is 3.68. The van der Waals surface area contributed by atoms with Crippen molar-refractivity contribution in [1.82, 2.24) is 5.32 Å². The second-order valence-corrected chi connectivity index (χ2v) is 7.80. The van der Waals surface area contributed by atoms with Gasteiger partial charge in [-0.05, 0) is 31.9 Å². The number of thiophene rings is 1. The van der Waals surface area contributed by atoms with Crippen molar-refractivity contribution in [2.45, 2.75) is 44.0 Å². The monoisotopic (exact) mass is 313 g/mol. The highest BCUT2D eigenvalue weighted by atomic mass is 32.2. The van der Waals surface area contributed by atoms with Crippen LogP contribution < -0.4 is 5.32 Å². The minimum atomic E-state index is -0.0332. The van der Waals surface area contributed by atoms with E-state index in [9.17, 15) is 4.79 Å². The minimum Gasteiger partial charge on any atom is -0.374 e. The molecule has 1 aromatic rings. The summed E-state index contributed by atoms with van der Waals surface area (Å²) in [7, 11) is 1.69. The van der Waals surface area contributed by atoms with Gasteiger partial charge in [-0.3, -0.25) is 4.79 Å². The van der Waals surface area contributed by atoms with E-state index in [1.165, 1.54) is 35.4 Å². The van der Waals surface area contributed by atoms with E-state index in [-0.39, 0.29) is 12.0 Å². The lowest BCUT2D eigenvalue weighted by Gasteiger charge is -2.15. The topological polar surface area (TPSA) is 38.3 Å². The van der Waals surface area contributed by atoms with Crippen LogP contribution in [-0.2, 0) is 9.53 Å². The highest BCUT2D eigenvalue weighted by molar-refractivity contribution is 8.00. The van der Waals surface area contributed by atoms with Crippen LogP contribution in [0.4, 0.5) is 0 Å². The molecule has 1 aromatic heterocycles. The van der Waals surface area contributed by atoms with Crippen molar-refractivity contribution in [3.05, 3.63) is 21.9 Å². The van der Waals surface area contributed by atoms with E-state index < -0.39 is 0 Å². The van der Waals surface area contributed by atoms with Crippen LogP contribution in [0, 0.1) is 6.92 Å². The molecule has 1 heterocycles. The molecule has 1 atom stereocenters. The SMILES string of the molecule is COC(CNC(=O)CSC1CCCC1)c1ccc(C)s1. The van der Waals surface area contributed by atoms with E-state index in [0.29, 0.717) is 17.5 Å². The van der Waals surface area contributed by atoms with Crippen molar-refractivity contribution in [3.8, 4) is 0 Å². The molecule has 0 radical (unpaired) electrons. The van der Waals surface area contributed by atoms with Crippen molar-refractivity contribution in [2.24, 2.45) is 0 Å². The lowest BCUT2D eigenvalue weighted by Crippen LogP contribution is -2.30. The highest BCUT2D eigenvalue weighted by Crippen LogP contribution is 2.29. The van der Waals surface area contributed by atoms with Gasteiger partial charge in [0.2, 0.25) is 5.91 Å². The number of methoxy groups -OCH3 is 1. The molecule has 1 saturated carbocycles. The van der Waals surface area contributed by atoms with Crippen molar-refractivity contribution in [1.29, 1.82) is 0 Å². The Morgan fingerprint density at radius 1 is 1.50 bits per heavy atom. The van der Waals surface area contributed by atoms with E-state index in [1.54, 1.807) is 30.2 Å². The van der Waals surface area contributed by atoms with Gasteiger partial charge in [0.05, 0.1) is 5.75 Å². The van der Waals surface area contributed by atoms with E-state index in [4.69, 9.17) is 4.74 Å². The van der Waals surface area contributed by atoms with E-state index in [2.05, 4.69) is 24.4 Å². The summed E-state index contributed by atoms with van der Waals surface area (Å²) >= 11 is 3.53. The van der Waals surface area contributed by atoms with Crippen LogP contribution in [0.25, 0.3) is 0 Å². The summed E-state index contributed by atoms with van der Waals surface area (Å²) in [6.07, 6.45) is 5.15. The third-order valence-electron chi connectivity index (χ3n) is 3.60. The molecular formula is C15H23NO2S2. The molecule has 1 amide bonds. The summed E-state index contributed by atoms with van der Waals surface area (Å²) in [5.74, 6) is 0.696. The van der Waals surface area contributed by atoms with Crippen molar-refractivity contribution < 1.29 is 9.53 Å². The van der Waals surface area contributed by atoms with Gasteiger partial charge in [0.25, 0.3) is 0 Å². The maximum atomic E-state index is 11.9. The van der Waals surface area contributed by atoms with Crippen molar-refractivity contribution in [2.75, 3.05) is 19.4 Å². The summed E-state index contributed by atoms with van der Waals surface area (Å²) < 4.78 is 5.47. The first-order valence-electron chi connectivity index (χ1n) is 7.16. The highest BCUT2D eigenvalue weighted by Gasteiger charge is 2.18. The van der Waals surface area contributed by atoms with E-state index in [1.807, 2.05) is 0 Å². The molecule has 2 rings (SSSR count). The quantitative estimate of drug-likeness (QED) is 0.837. The van der Waals surface area contributed by atoms with Crippen LogP contribution in [0.2, 0.25) is 0 Å². The van der Waals surface area contributed by atoms with Crippen LogP contribution in [0.1, 0.15) is 41.5 Å². The molecular weight excluding hydrogens is 290 g/mol. The van der Waals surface area contributed by atoms with Crippen molar-refractivity contribution >= 4 is 29.0 Å². The molecule has 5 heteroatoms. The van der Waals surface area contributed by atoms with Gasteiger partial charge in [0, 0.05) is 28.7 Å². The molecule has 1 N–H and O–H groups in total. The fourth-order valence-corrected chi connectivity index (χ4v) is 4.54. The van der Waals surface area contributed by atoms with Gasteiger partial charge in [0.15, 0.2) is 0 Å². The summed E-state index contributed by atoms with van der Waals surface area (Å²) in [5.41, 5.74) is 0. The summed E-state index contributed by atoms with van der Waals surface area (Å²) in [4.78, 5) is 14.3. The molecule has 1 unspecified atom stereocenters. The van der Waals surface area contributed by atoms with Crippen LogP contribution in [0.5, 0.6) is 0 Å². The normalized spacial score (nSPS) is 17.3. The third kappa shape index (κ3) is 4.79. The maximum Gasteiger partial charge on any atom is 0.230 e. The maximum absolute atomic E-state index is 11.9. The Bertz CT molecular complexity index is 427. The fraction of sp³-hybridized carbons (Fsp3) is 0.667. The Labute approximate surface area is 129 Å². The first-order chi connectivity index (χ1) is 9.69. The van der Waals surface area contributed by atoms with Gasteiger partial charge in [-0.25, -0.2) is 0 Å². The van der Waals surface area contributed by atoms with Gasteiger partial charge in [-0.15, -0.1) is 23.1 Å². The zero-order valence-corrected chi connectivity index (χ0v) is 13.8. The third-order valence-corrected chi connectivity index (χ3v) is 6.06. The number of hydrogen-bond acceptors (Lipinski definition) is 4. The van der Waals surface area contributed by atoms with Crippen LogP contribution >= 0.6 is 23.1 Å². The zero-order chi connectivity index (χ0) is 14.4. The lowest BCUT2D eigenvalue weighted by molar-refractivity contribution is -0.119. The second kappa shape index (κ2) is 8.05. The van der Waals surface area contributed by atoms with Gasteiger partial charge in [0.1, 0.15) is 6.10 Å². The molecule has 0 bridgehead atoms. The number of amides is 1. The number of carbonyl (C=O) groups is 1. The average Bonchev–Trinajstić information content (AvgIpc) is 3.09. The number of aryl methyl sites for hydroxylation is 1. The Balaban J connectivity index is 1.70. The number of nitrogens with one attached hydrogen (secondary N) is 1. The molecule has 3 nitrogen and oxygen atoms in total. The Morgan fingerprint density at radius 3 is 2.85 bits per heavy atom. The molecule has 0 aliphatic heterocycles. The molecule has 20 heavy (non-hydrogen) atoms. The largest absolute Gasteiger partial charge is 0.374 e. The predicted molar refractivity (Wildman–Crippen MR) is 86.5 cm³/mol. The number of ether oxygens (including phenoxy) is 1. The van der Waals surface area contributed by atoms with Gasteiger partial charge >= 0.3 is 0 Å². The standard InChI is InChI=1S/C15H23NO2S2/c1-11-7-8-14(20-11)13(18-2)9-16-15(17)10-19-12-5-3-4-6-12/h7-8,12-13H,3-6,9-10H2,1-2H3,(H,16,17). The van der Waals surface area contributed by atoms with E-state index >= 15 is 0 Å². The van der Waals surface area contributed by atoms with Gasteiger partial charge in [-0.1, -0.05) is 12.8 Å². The van der Waals surface area contributed by atoms with Crippen molar-refractivity contribution in [3.63, 3.8) is 0 Å². The van der Waals surface area contributed by atoms with Gasteiger partial charge < -0.3 is 10.1 Å². The molecule has 112 valence electrons. The number of carbonyl (C=O) groups excluding carboxylic acids is 1. The summed E-state index contributed by atoms with van der Waals surface area (Å²) in [6.45, 7) is 2.64. The molecule has 1 fully saturated rings.